The summed E-state index contributed by atoms with van der Waals surface area (Å²) in [6.45, 7) is 4.77. The summed E-state index contributed by atoms with van der Waals surface area (Å²) in [6.07, 6.45) is 5.32. The monoisotopic (exact) mass is 393 g/mol. The maximum absolute atomic E-state index is 13.0. The first-order valence-electron chi connectivity index (χ1n) is 9.61. The molecule has 0 aliphatic heterocycles. The van der Waals surface area contributed by atoms with Gasteiger partial charge in [-0.1, -0.05) is 18.2 Å². The van der Waals surface area contributed by atoms with E-state index < -0.39 is 0 Å². The molecule has 1 aromatic carbocycles. The minimum Gasteiger partial charge on any atom is -0.348 e. The molecule has 152 valence electrons. The molecule has 0 radical (unpaired) electrons. The van der Waals surface area contributed by atoms with Gasteiger partial charge in [-0.2, -0.15) is 5.10 Å². The van der Waals surface area contributed by atoms with E-state index in [0.717, 1.165) is 11.3 Å². The predicted octanol–water partition coefficient (Wildman–Crippen LogP) is 2.40. The summed E-state index contributed by atoms with van der Waals surface area (Å²) in [6, 6.07) is 11.3. The third kappa shape index (κ3) is 4.63. The average Bonchev–Trinajstić information content (AvgIpc) is 3.20. The molecule has 0 saturated heterocycles. The lowest BCUT2D eigenvalue weighted by atomic mass is 10.1. The molecule has 0 aliphatic rings. The molecule has 7 heteroatoms. The van der Waals surface area contributed by atoms with Gasteiger partial charge >= 0.3 is 0 Å². The maximum atomic E-state index is 13.0. The Kier molecular flexibility index (Phi) is 6.29. The number of nitrogens with zero attached hydrogens (tertiary/aromatic N) is 4. The quantitative estimate of drug-likeness (QED) is 0.669. The van der Waals surface area contributed by atoms with Crippen LogP contribution in [0.3, 0.4) is 0 Å². The van der Waals surface area contributed by atoms with E-state index >= 15 is 0 Å². The molecule has 1 unspecified atom stereocenters. The van der Waals surface area contributed by atoms with E-state index in [9.17, 15) is 9.59 Å². The van der Waals surface area contributed by atoms with Crippen LogP contribution in [0, 0.1) is 6.92 Å². The molecule has 1 amide bonds. The summed E-state index contributed by atoms with van der Waals surface area (Å²) < 4.78 is 3.38. The molecule has 7 nitrogen and oxygen atoms in total. The van der Waals surface area contributed by atoms with Gasteiger partial charge in [0.2, 0.25) is 0 Å². The van der Waals surface area contributed by atoms with Crippen LogP contribution in [0.25, 0.3) is 5.69 Å². The number of amides is 1. The van der Waals surface area contributed by atoms with Gasteiger partial charge in [0.25, 0.3) is 11.5 Å². The molecule has 0 saturated carbocycles. The van der Waals surface area contributed by atoms with Gasteiger partial charge in [0.1, 0.15) is 5.56 Å². The molecule has 0 fully saturated rings. The van der Waals surface area contributed by atoms with Crippen molar-refractivity contribution in [1.29, 1.82) is 0 Å². The molecule has 1 atom stereocenters. The molecule has 2 aromatic heterocycles. The van der Waals surface area contributed by atoms with Gasteiger partial charge in [-0.05, 0) is 57.3 Å². The fourth-order valence-corrected chi connectivity index (χ4v) is 3.44. The van der Waals surface area contributed by atoms with E-state index in [1.54, 1.807) is 28.6 Å². The van der Waals surface area contributed by atoms with Crippen molar-refractivity contribution in [3.8, 4) is 5.69 Å². The number of likely N-dealkylation sites (N-methyl/N-ethyl adjacent to an activating group) is 1. The number of rotatable bonds is 7. The maximum Gasteiger partial charge on any atom is 0.263 e. The Morgan fingerprint density at radius 2 is 1.93 bits per heavy atom. The first-order valence-corrected chi connectivity index (χ1v) is 9.61. The summed E-state index contributed by atoms with van der Waals surface area (Å²) >= 11 is 0. The predicted molar refractivity (Wildman–Crippen MR) is 113 cm³/mol. The molecule has 29 heavy (non-hydrogen) atoms. The SMILES string of the molecule is Cc1ccn(C(C)CN(C)C)c(=O)c1C(=O)NCc1ccccc1-n1cccn1. The molecule has 3 rings (SSSR count). The normalized spacial score (nSPS) is 12.2. The van der Waals surface area contributed by atoms with Crippen molar-refractivity contribution in [3.05, 3.63) is 82.0 Å². The molecular formula is C22H27N5O2. The molecule has 0 spiro atoms. The number of aryl methyl sites for hydroxylation is 1. The molecule has 3 aromatic rings. The standard InChI is InChI=1S/C22H27N5O2/c1-16-10-13-26(17(2)15-25(3)4)22(29)20(16)21(28)23-14-18-8-5-6-9-19(18)27-12-7-11-24-27/h5-13,17H,14-15H2,1-4H3,(H,23,28). The Hall–Kier alpha value is -3.19. The Balaban J connectivity index is 1.83. The van der Waals surface area contributed by atoms with Gasteiger partial charge in [-0.3, -0.25) is 9.59 Å². The van der Waals surface area contributed by atoms with Crippen molar-refractivity contribution >= 4 is 5.91 Å². The zero-order valence-corrected chi connectivity index (χ0v) is 17.3. The second kappa shape index (κ2) is 8.87. The van der Waals surface area contributed by atoms with E-state index in [0.29, 0.717) is 18.7 Å². The zero-order valence-electron chi connectivity index (χ0n) is 17.3. The number of pyridine rings is 1. The number of carbonyl (C=O) groups is 1. The lowest BCUT2D eigenvalue weighted by molar-refractivity contribution is 0.0948. The number of hydrogen-bond acceptors (Lipinski definition) is 4. The summed E-state index contributed by atoms with van der Waals surface area (Å²) in [5.74, 6) is -0.367. The topological polar surface area (TPSA) is 72.2 Å². The van der Waals surface area contributed by atoms with Crippen molar-refractivity contribution in [1.82, 2.24) is 24.6 Å². The van der Waals surface area contributed by atoms with E-state index in [1.807, 2.05) is 68.5 Å². The van der Waals surface area contributed by atoms with Crippen LogP contribution in [0.2, 0.25) is 0 Å². The average molecular weight is 393 g/mol. The van der Waals surface area contributed by atoms with Crippen molar-refractivity contribution in [2.24, 2.45) is 0 Å². The molecule has 0 bridgehead atoms. The summed E-state index contributed by atoms with van der Waals surface area (Å²) in [4.78, 5) is 27.9. The van der Waals surface area contributed by atoms with Crippen LogP contribution in [-0.4, -0.2) is 45.8 Å². The van der Waals surface area contributed by atoms with E-state index in [2.05, 4.69) is 10.4 Å². The van der Waals surface area contributed by atoms with Crippen LogP contribution in [0.4, 0.5) is 0 Å². The van der Waals surface area contributed by atoms with Crippen LogP contribution >= 0.6 is 0 Å². The first kappa shape index (κ1) is 20.5. The van der Waals surface area contributed by atoms with Gasteiger partial charge in [0.05, 0.1) is 5.69 Å². The molecule has 2 heterocycles. The highest BCUT2D eigenvalue weighted by Crippen LogP contribution is 2.14. The summed E-state index contributed by atoms with van der Waals surface area (Å²) in [5.41, 5.74) is 2.40. The number of benzene rings is 1. The van der Waals surface area contributed by atoms with Gasteiger partial charge < -0.3 is 14.8 Å². The Bertz CT molecular complexity index is 1040. The lowest BCUT2D eigenvalue weighted by Crippen LogP contribution is -2.36. The highest BCUT2D eigenvalue weighted by Gasteiger charge is 2.18. The van der Waals surface area contributed by atoms with Crippen LogP contribution in [-0.2, 0) is 6.54 Å². The van der Waals surface area contributed by atoms with Crippen molar-refractivity contribution in [2.45, 2.75) is 26.4 Å². The first-order chi connectivity index (χ1) is 13.9. The summed E-state index contributed by atoms with van der Waals surface area (Å²) in [5, 5.41) is 7.16. The van der Waals surface area contributed by atoms with Crippen LogP contribution < -0.4 is 10.9 Å². The summed E-state index contributed by atoms with van der Waals surface area (Å²) in [7, 11) is 3.92. The third-order valence-corrected chi connectivity index (χ3v) is 4.84. The fraction of sp³-hybridized carbons (Fsp3) is 0.318. The number of para-hydroxylation sites is 1. The van der Waals surface area contributed by atoms with E-state index in [1.165, 1.54) is 0 Å². The Labute approximate surface area is 170 Å². The van der Waals surface area contributed by atoms with Gasteiger partial charge in [0.15, 0.2) is 0 Å². The molecular weight excluding hydrogens is 366 g/mol. The van der Waals surface area contributed by atoms with E-state index in [-0.39, 0.29) is 23.1 Å². The second-order valence-corrected chi connectivity index (χ2v) is 7.46. The Morgan fingerprint density at radius 3 is 2.62 bits per heavy atom. The lowest BCUT2D eigenvalue weighted by Gasteiger charge is -2.20. The highest BCUT2D eigenvalue weighted by molar-refractivity contribution is 5.95. The minimum absolute atomic E-state index is 0.0369. The van der Waals surface area contributed by atoms with Gasteiger partial charge in [0, 0.05) is 37.7 Å². The smallest absolute Gasteiger partial charge is 0.263 e. The highest BCUT2D eigenvalue weighted by atomic mass is 16.2. The van der Waals surface area contributed by atoms with Gasteiger partial charge in [-0.15, -0.1) is 0 Å². The number of hydrogen-bond donors (Lipinski definition) is 1. The van der Waals surface area contributed by atoms with Gasteiger partial charge in [-0.25, -0.2) is 4.68 Å². The molecule has 0 aliphatic carbocycles. The second-order valence-electron chi connectivity index (χ2n) is 7.46. The van der Waals surface area contributed by atoms with Crippen LogP contribution in [0.1, 0.15) is 34.5 Å². The zero-order chi connectivity index (χ0) is 21.0. The third-order valence-electron chi connectivity index (χ3n) is 4.84. The van der Waals surface area contributed by atoms with E-state index in [4.69, 9.17) is 0 Å². The van der Waals surface area contributed by atoms with Crippen LogP contribution in [0.15, 0.2) is 59.8 Å². The minimum atomic E-state index is -0.367. The number of carbonyl (C=O) groups excluding carboxylic acids is 1. The van der Waals surface area contributed by atoms with Crippen LogP contribution in [0.5, 0.6) is 0 Å². The van der Waals surface area contributed by atoms with Crippen molar-refractivity contribution in [2.75, 3.05) is 20.6 Å². The van der Waals surface area contributed by atoms with Crippen molar-refractivity contribution in [3.63, 3.8) is 0 Å². The fourth-order valence-electron chi connectivity index (χ4n) is 3.44. The number of aromatic nitrogens is 3. The number of nitrogens with one attached hydrogen (secondary N) is 1. The largest absolute Gasteiger partial charge is 0.348 e. The molecule has 1 N–H and O–H groups in total. The Morgan fingerprint density at radius 1 is 1.17 bits per heavy atom. The van der Waals surface area contributed by atoms with Crippen molar-refractivity contribution < 1.29 is 4.79 Å².